The van der Waals surface area contributed by atoms with Crippen LogP contribution in [0.5, 0.6) is 0 Å². The monoisotopic (exact) mass is 367 g/mol. The quantitative estimate of drug-likeness (QED) is 0.569. The van der Waals surface area contributed by atoms with Gasteiger partial charge in [-0.1, -0.05) is 11.8 Å². The maximum absolute atomic E-state index is 13.5. The van der Waals surface area contributed by atoms with Crippen molar-refractivity contribution in [2.75, 3.05) is 11.1 Å². The van der Waals surface area contributed by atoms with Crippen molar-refractivity contribution in [3.8, 4) is 0 Å². The second-order valence-electron chi connectivity index (χ2n) is 4.85. The fourth-order valence-corrected chi connectivity index (χ4v) is 3.58. The molecule has 3 rings (SSSR count). The fourth-order valence-electron chi connectivity index (χ4n) is 2.00. The number of amides is 1. The molecule has 0 saturated heterocycles. The van der Waals surface area contributed by atoms with Gasteiger partial charge in [-0.15, -0.1) is 11.3 Å². The van der Waals surface area contributed by atoms with E-state index in [1.165, 1.54) is 15.9 Å². The molecule has 0 spiro atoms. The van der Waals surface area contributed by atoms with Crippen molar-refractivity contribution < 1.29 is 13.6 Å². The molecule has 0 bridgehead atoms. The van der Waals surface area contributed by atoms with Gasteiger partial charge in [0, 0.05) is 13.1 Å². The number of fused-ring (bicyclic) bond motifs is 1. The number of hydrogen-bond donors (Lipinski definition) is 1. The molecule has 0 unspecified atom stereocenters. The first-order valence-electron chi connectivity index (χ1n) is 6.77. The molecule has 24 heavy (non-hydrogen) atoms. The minimum absolute atomic E-state index is 0.0628. The highest BCUT2D eigenvalue weighted by molar-refractivity contribution is 7.99. The van der Waals surface area contributed by atoms with Crippen molar-refractivity contribution in [3.05, 3.63) is 51.6 Å². The minimum Gasteiger partial charge on any atom is -0.323 e. The van der Waals surface area contributed by atoms with Gasteiger partial charge in [0.1, 0.15) is 16.3 Å². The third-order valence-corrected chi connectivity index (χ3v) is 5.11. The van der Waals surface area contributed by atoms with Gasteiger partial charge in [0.2, 0.25) is 5.91 Å². The molecule has 0 aliphatic carbocycles. The van der Waals surface area contributed by atoms with E-state index in [4.69, 9.17) is 0 Å². The second kappa shape index (κ2) is 6.70. The predicted molar refractivity (Wildman–Crippen MR) is 90.6 cm³/mol. The third kappa shape index (κ3) is 3.31. The van der Waals surface area contributed by atoms with Gasteiger partial charge in [0.05, 0.1) is 17.0 Å². The number of carbonyl (C=O) groups excluding carboxylic acids is 1. The number of nitrogens with one attached hydrogen (secondary N) is 1. The van der Waals surface area contributed by atoms with Gasteiger partial charge in [-0.3, -0.25) is 14.2 Å². The van der Waals surface area contributed by atoms with Crippen LogP contribution >= 0.6 is 23.1 Å². The normalized spacial score (nSPS) is 11.0. The van der Waals surface area contributed by atoms with Crippen molar-refractivity contribution in [3.63, 3.8) is 0 Å². The number of aromatic nitrogens is 2. The molecule has 124 valence electrons. The van der Waals surface area contributed by atoms with Crippen molar-refractivity contribution in [2.24, 2.45) is 7.05 Å². The molecule has 0 radical (unpaired) electrons. The van der Waals surface area contributed by atoms with E-state index >= 15 is 0 Å². The van der Waals surface area contributed by atoms with Gasteiger partial charge in [-0.05, 0) is 23.6 Å². The number of hydrogen-bond acceptors (Lipinski definition) is 5. The van der Waals surface area contributed by atoms with Crippen LogP contribution in [-0.2, 0) is 11.8 Å². The zero-order valence-corrected chi connectivity index (χ0v) is 14.0. The predicted octanol–water partition coefficient (Wildman–Crippen LogP) is 3.00. The first-order valence-corrected chi connectivity index (χ1v) is 8.64. The SMILES string of the molecule is Cn1c(SCC(=O)Nc2ccc(F)cc2F)nc2ccsc2c1=O. The van der Waals surface area contributed by atoms with E-state index in [1.807, 2.05) is 0 Å². The number of halogens is 2. The van der Waals surface area contributed by atoms with Crippen LogP contribution in [0.25, 0.3) is 10.2 Å². The summed E-state index contributed by atoms with van der Waals surface area (Å²) in [5.41, 5.74) is 0.301. The van der Waals surface area contributed by atoms with Gasteiger partial charge in [-0.25, -0.2) is 13.8 Å². The molecule has 1 N–H and O–H groups in total. The van der Waals surface area contributed by atoms with Crippen molar-refractivity contribution >= 4 is 44.9 Å². The standard InChI is InChI=1S/C15H11F2N3O2S2/c1-20-14(22)13-11(4-5-23-13)19-15(20)24-7-12(21)18-10-3-2-8(16)6-9(10)17/h2-6H,7H2,1H3,(H,18,21). The van der Waals surface area contributed by atoms with Gasteiger partial charge in [-0.2, -0.15) is 0 Å². The number of thiophene rings is 1. The highest BCUT2D eigenvalue weighted by Gasteiger charge is 2.13. The lowest BCUT2D eigenvalue weighted by Gasteiger charge is -2.08. The Labute approximate surface area is 143 Å². The van der Waals surface area contributed by atoms with Gasteiger partial charge in [0.25, 0.3) is 5.56 Å². The molecule has 0 atom stereocenters. The van der Waals surface area contributed by atoms with Crippen LogP contribution in [0.1, 0.15) is 0 Å². The van der Waals surface area contributed by atoms with Crippen LogP contribution in [-0.4, -0.2) is 21.2 Å². The van der Waals surface area contributed by atoms with E-state index in [-0.39, 0.29) is 17.0 Å². The van der Waals surface area contributed by atoms with Crippen LogP contribution in [0, 0.1) is 11.6 Å². The summed E-state index contributed by atoms with van der Waals surface area (Å²) < 4.78 is 28.3. The van der Waals surface area contributed by atoms with E-state index in [1.54, 1.807) is 18.5 Å². The number of benzene rings is 1. The maximum atomic E-state index is 13.5. The first kappa shape index (κ1) is 16.6. The topological polar surface area (TPSA) is 64.0 Å². The van der Waals surface area contributed by atoms with E-state index in [2.05, 4.69) is 10.3 Å². The molecular weight excluding hydrogens is 356 g/mol. The van der Waals surface area contributed by atoms with Crippen molar-refractivity contribution in [2.45, 2.75) is 5.16 Å². The number of nitrogens with zero attached hydrogens (tertiary/aromatic N) is 2. The molecule has 0 fully saturated rings. The molecule has 1 amide bonds. The Morgan fingerprint density at radius 1 is 1.38 bits per heavy atom. The molecule has 0 aliphatic rings. The average molecular weight is 367 g/mol. The zero-order chi connectivity index (χ0) is 17.3. The van der Waals surface area contributed by atoms with E-state index in [0.717, 1.165) is 23.9 Å². The molecule has 5 nitrogen and oxygen atoms in total. The minimum atomic E-state index is -0.849. The van der Waals surface area contributed by atoms with Crippen molar-refractivity contribution in [1.82, 2.24) is 9.55 Å². The summed E-state index contributed by atoms with van der Waals surface area (Å²) >= 11 is 2.37. The average Bonchev–Trinajstić information content (AvgIpc) is 3.01. The van der Waals surface area contributed by atoms with Crippen molar-refractivity contribution in [1.29, 1.82) is 0 Å². The summed E-state index contributed by atoms with van der Waals surface area (Å²) in [7, 11) is 1.58. The van der Waals surface area contributed by atoms with Gasteiger partial charge >= 0.3 is 0 Å². The number of thioether (sulfide) groups is 1. The number of carbonyl (C=O) groups is 1. The zero-order valence-electron chi connectivity index (χ0n) is 12.4. The van der Waals surface area contributed by atoms with Gasteiger partial charge in [0.15, 0.2) is 5.16 Å². The van der Waals surface area contributed by atoms with E-state index in [9.17, 15) is 18.4 Å². The molecule has 1 aromatic carbocycles. The lowest BCUT2D eigenvalue weighted by Crippen LogP contribution is -2.20. The van der Waals surface area contributed by atoms with Crippen LogP contribution in [0.2, 0.25) is 0 Å². The maximum Gasteiger partial charge on any atom is 0.271 e. The molecule has 0 saturated carbocycles. The Morgan fingerprint density at radius 2 is 2.17 bits per heavy atom. The third-order valence-electron chi connectivity index (χ3n) is 3.18. The Balaban J connectivity index is 1.72. The Kier molecular flexibility index (Phi) is 4.63. The Morgan fingerprint density at radius 3 is 2.92 bits per heavy atom. The summed E-state index contributed by atoms with van der Waals surface area (Å²) in [6.07, 6.45) is 0. The highest BCUT2D eigenvalue weighted by atomic mass is 32.2. The van der Waals surface area contributed by atoms with Crippen LogP contribution in [0.15, 0.2) is 39.6 Å². The molecule has 2 heterocycles. The summed E-state index contributed by atoms with van der Waals surface area (Å²) in [6, 6.07) is 4.64. The molecule has 3 aromatic rings. The summed E-state index contributed by atoms with van der Waals surface area (Å²) in [5.74, 6) is -2.11. The Hall–Kier alpha value is -2.26. The smallest absolute Gasteiger partial charge is 0.271 e. The second-order valence-corrected chi connectivity index (χ2v) is 6.71. The van der Waals surface area contributed by atoms with E-state index < -0.39 is 17.5 Å². The molecule has 9 heteroatoms. The first-order chi connectivity index (χ1) is 11.5. The summed E-state index contributed by atoms with van der Waals surface area (Å²) in [6.45, 7) is 0. The highest BCUT2D eigenvalue weighted by Crippen LogP contribution is 2.21. The summed E-state index contributed by atoms with van der Waals surface area (Å²) in [5, 5.41) is 4.52. The van der Waals surface area contributed by atoms with E-state index in [0.29, 0.717) is 21.4 Å². The molecular formula is C15H11F2N3O2S2. The van der Waals surface area contributed by atoms with Gasteiger partial charge < -0.3 is 5.32 Å². The lowest BCUT2D eigenvalue weighted by atomic mass is 10.3. The van der Waals surface area contributed by atoms with Crippen LogP contribution in [0.4, 0.5) is 14.5 Å². The lowest BCUT2D eigenvalue weighted by molar-refractivity contribution is -0.113. The van der Waals surface area contributed by atoms with Crippen LogP contribution < -0.4 is 10.9 Å². The fraction of sp³-hybridized carbons (Fsp3) is 0.133. The largest absolute Gasteiger partial charge is 0.323 e. The number of rotatable bonds is 4. The van der Waals surface area contributed by atoms with Crippen LogP contribution in [0.3, 0.4) is 0 Å². The number of anilines is 1. The Bertz CT molecular complexity index is 984. The molecule has 0 aliphatic heterocycles. The summed E-state index contributed by atoms with van der Waals surface area (Å²) in [4.78, 5) is 28.4. The molecule has 2 aromatic heterocycles.